The Labute approximate surface area is 125 Å². The normalized spacial score (nSPS) is 17.7. The van der Waals surface area contributed by atoms with Crippen molar-refractivity contribution in [2.24, 2.45) is 0 Å². The Hall–Kier alpha value is -2.04. The van der Waals surface area contributed by atoms with E-state index >= 15 is 0 Å². The molecule has 1 aromatic rings. The average molecular weight is 289 g/mol. The van der Waals surface area contributed by atoms with E-state index in [2.05, 4.69) is 10.6 Å². The summed E-state index contributed by atoms with van der Waals surface area (Å²) in [6.45, 7) is 7.18. The maximum Gasteiger partial charge on any atom is 0.319 e. The number of hydrogen-bond donors (Lipinski definition) is 2. The molecule has 1 fully saturated rings. The number of anilines is 1. The second kappa shape index (κ2) is 6.61. The summed E-state index contributed by atoms with van der Waals surface area (Å²) < 4.78 is 0. The van der Waals surface area contributed by atoms with Crippen LogP contribution >= 0.6 is 0 Å². The fraction of sp³-hybridized carbons (Fsp3) is 0.500. The molecule has 0 aromatic heterocycles. The zero-order valence-corrected chi connectivity index (χ0v) is 12.9. The lowest BCUT2D eigenvalue weighted by atomic mass is 10.1. The number of carbonyl (C=O) groups excluding carboxylic acids is 2. The number of amides is 3. The van der Waals surface area contributed by atoms with Gasteiger partial charge in [0.25, 0.3) is 0 Å². The summed E-state index contributed by atoms with van der Waals surface area (Å²) in [5, 5.41) is 5.80. The third kappa shape index (κ3) is 3.97. The van der Waals surface area contributed by atoms with E-state index in [9.17, 15) is 9.59 Å². The molecule has 5 heteroatoms. The molecule has 1 aliphatic rings. The number of likely N-dealkylation sites (tertiary alicyclic amines) is 1. The number of aryl methyl sites for hydroxylation is 2. The maximum atomic E-state index is 12.0. The van der Waals surface area contributed by atoms with Crippen molar-refractivity contribution in [1.29, 1.82) is 0 Å². The van der Waals surface area contributed by atoms with Crippen molar-refractivity contribution < 1.29 is 9.59 Å². The molecule has 5 nitrogen and oxygen atoms in total. The maximum absolute atomic E-state index is 12.0. The van der Waals surface area contributed by atoms with Gasteiger partial charge in [-0.15, -0.1) is 0 Å². The highest BCUT2D eigenvalue weighted by Crippen LogP contribution is 2.16. The van der Waals surface area contributed by atoms with Crippen LogP contribution in [0.4, 0.5) is 10.5 Å². The van der Waals surface area contributed by atoms with Crippen LogP contribution in [0.25, 0.3) is 0 Å². The van der Waals surface area contributed by atoms with Gasteiger partial charge >= 0.3 is 6.03 Å². The van der Waals surface area contributed by atoms with E-state index in [1.54, 1.807) is 0 Å². The monoisotopic (exact) mass is 289 g/mol. The predicted octanol–water partition coefficient (Wildman–Crippen LogP) is 2.44. The molecule has 21 heavy (non-hydrogen) atoms. The van der Waals surface area contributed by atoms with Gasteiger partial charge in [0.1, 0.15) is 0 Å². The van der Waals surface area contributed by atoms with Gasteiger partial charge in [-0.2, -0.15) is 0 Å². The van der Waals surface area contributed by atoms with Crippen molar-refractivity contribution in [2.45, 2.75) is 39.7 Å². The summed E-state index contributed by atoms with van der Waals surface area (Å²) in [5.74, 6) is 0.147. The van der Waals surface area contributed by atoms with Crippen LogP contribution in [0.1, 0.15) is 30.9 Å². The highest BCUT2D eigenvalue weighted by atomic mass is 16.2. The average Bonchev–Trinajstić information content (AvgIpc) is 2.89. The fourth-order valence-corrected chi connectivity index (χ4v) is 2.63. The minimum absolute atomic E-state index is 0.0336. The first-order valence-electron chi connectivity index (χ1n) is 7.42. The van der Waals surface area contributed by atoms with E-state index in [1.807, 2.05) is 43.9 Å². The molecule has 0 bridgehead atoms. The molecule has 0 saturated carbocycles. The smallest absolute Gasteiger partial charge is 0.319 e. The van der Waals surface area contributed by atoms with Crippen molar-refractivity contribution in [1.82, 2.24) is 10.2 Å². The second-order valence-corrected chi connectivity index (χ2v) is 5.60. The summed E-state index contributed by atoms with van der Waals surface area (Å²) in [5.41, 5.74) is 3.03. The molecular formula is C16H23N3O2. The van der Waals surface area contributed by atoms with Crippen molar-refractivity contribution >= 4 is 17.6 Å². The third-order valence-corrected chi connectivity index (χ3v) is 3.81. The minimum atomic E-state index is -0.210. The molecule has 3 amide bonds. The molecule has 0 unspecified atom stereocenters. The summed E-state index contributed by atoms with van der Waals surface area (Å²) in [4.78, 5) is 25.4. The summed E-state index contributed by atoms with van der Waals surface area (Å²) >= 11 is 0. The molecule has 1 aromatic carbocycles. The molecule has 0 radical (unpaired) electrons. The van der Waals surface area contributed by atoms with E-state index in [4.69, 9.17) is 0 Å². The van der Waals surface area contributed by atoms with Crippen LogP contribution in [0.2, 0.25) is 0 Å². The Morgan fingerprint density at radius 3 is 2.76 bits per heavy atom. The van der Waals surface area contributed by atoms with E-state index in [-0.39, 0.29) is 18.0 Å². The van der Waals surface area contributed by atoms with E-state index in [0.717, 1.165) is 24.2 Å². The van der Waals surface area contributed by atoms with Crippen molar-refractivity contribution in [2.75, 3.05) is 18.4 Å². The molecule has 1 aliphatic heterocycles. The number of urea groups is 1. The van der Waals surface area contributed by atoms with Crippen LogP contribution < -0.4 is 10.6 Å². The third-order valence-electron chi connectivity index (χ3n) is 3.81. The van der Waals surface area contributed by atoms with Gasteiger partial charge in [0.05, 0.1) is 0 Å². The van der Waals surface area contributed by atoms with Crippen LogP contribution in [0, 0.1) is 13.8 Å². The highest BCUT2D eigenvalue weighted by Gasteiger charge is 2.26. The van der Waals surface area contributed by atoms with Crippen LogP contribution in [0.3, 0.4) is 0 Å². The zero-order valence-electron chi connectivity index (χ0n) is 12.9. The lowest BCUT2D eigenvalue weighted by molar-refractivity contribution is -0.129. The first kappa shape index (κ1) is 15.4. The quantitative estimate of drug-likeness (QED) is 0.897. The molecule has 1 saturated heterocycles. The molecule has 1 atom stereocenters. The molecule has 0 spiro atoms. The molecule has 2 rings (SSSR count). The van der Waals surface area contributed by atoms with Crippen LogP contribution in [-0.2, 0) is 4.79 Å². The van der Waals surface area contributed by atoms with Crippen molar-refractivity contribution in [3.8, 4) is 0 Å². The first-order chi connectivity index (χ1) is 9.99. The van der Waals surface area contributed by atoms with Crippen molar-refractivity contribution in [3.63, 3.8) is 0 Å². The van der Waals surface area contributed by atoms with E-state index in [1.165, 1.54) is 5.56 Å². The summed E-state index contributed by atoms with van der Waals surface area (Å²) in [7, 11) is 0. The number of benzene rings is 1. The van der Waals surface area contributed by atoms with Crippen LogP contribution in [0.5, 0.6) is 0 Å². The number of rotatable bonds is 3. The van der Waals surface area contributed by atoms with Crippen LogP contribution in [-0.4, -0.2) is 36.0 Å². The van der Waals surface area contributed by atoms with Gasteiger partial charge in [0.2, 0.25) is 5.91 Å². The highest BCUT2D eigenvalue weighted by molar-refractivity contribution is 5.90. The lowest BCUT2D eigenvalue weighted by Crippen LogP contribution is -2.40. The Balaban J connectivity index is 1.87. The van der Waals surface area contributed by atoms with Gasteiger partial charge in [-0.1, -0.05) is 24.6 Å². The van der Waals surface area contributed by atoms with Gasteiger partial charge in [-0.05, 0) is 31.9 Å². The standard InChI is InChI=1S/C16H23N3O2/c1-4-15(20)19-8-7-13(10-19)17-16(21)18-14-6-5-11(2)9-12(14)3/h5-6,9,13H,4,7-8,10H2,1-3H3,(H2,17,18,21)/t13-/m1/s1. The fourth-order valence-electron chi connectivity index (χ4n) is 2.63. The van der Waals surface area contributed by atoms with Gasteiger partial charge in [0.15, 0.2) is 0 Å². The SMILES string of the molecule is CCC(=O)N1CC[C@@H](NC(=O)Nc2ccc(C)cc2C)C1. The largest absolute Gasteiger partial charge is 0.341 e. The topological polar surface area (TPSA) is 61.4 Å². The lowest BCUT2D eigenvalue weighted by Gasteiger charge is -2.17. The number of carbonyl (C=O) groups is 2. The van der Waals surface area contributed by atoms with Gasteiger partial charge in [0, 0.05) is 31.2 Å². The van der Waals surface area contributed by atoms with Gasteiger partial charge < -0.3 is 15.5 Å². The molecule has 2 N–H and O–H groups in total. The minimum Gasteiger partial charge on any atom is -0.341 e. The van der Waals surface area contributed by atoms with E-state index < -0.39 is 0 Å². The molecule has 114 valence electrons. The van der Waals surface area contributed by atoms with Gasteiger partial charge in [-0.25, -0.2) is 4.79 Å². The van der Waals surface area contributed by atoms with Crippen molar-refractivity contribution in [3.05, 3.63) is 29.3 Å². The summed E-state index contributed by atoms with van der Waals surface area (Å²) in [6, 6.07) is 5.74. The van der Waals surface area contributed by atoms with Gasteiger partial charge in [-0.3, -0.25) is 4.79 Å². The first-order valence-corrected chi connectivity index (χ1v) is 7.42. The van der Waals surface area contributed by atoms with Crippen LogP contribution in [0.15, 0.2) is 18.2 Å². The Morgan fingerprint density at radius 1 is 1.33 bits per heavy atom. The Bertz CT molecular complexity index is 542. The van der Waals surface area contributed by atoms with E-state index in [0.29, 0.717) is 13.0 Å². The zero-order chi connectivity index (χ0) is 15.4. The molecular weight excluding hydrogens is 266 g/mol. The Morgan fingerprint density at radius 2 is 2.10 bits per heavy atom. The Kier molecular flexibility index (Phi) is 4.83. The second-order valence-electron chi connectivity index (χ2n) is 5.60. The number of hydrogen-bond acceptors (Lipinski definition) is 2. The number of nitrogens with zero attached hydrogens (tertiary/aromatic N) is 1. The predicted molar refractivity (Wildman–Crippen MR) is 83.3 cm³/mol. The molecule has 0 aliphatic carbocycles. The molecule has 1 heterocycles. The summed E-state index contributed by atoms with van der Waals surface area (Å²) in [6.07, 6.45) is 1.33. The number of nitrogens with one attached hydrogen (secondary N) is 2.